The fourth-order valence-corrected chi connectivity index (χ4v) is 3.48. The highest BCUT2D eigenvalue weighted by molar-refractivity contribution is 5.76. The van der Waals surface area contributed by atoms with Gasteiger partial charge in [-0.05, 0) is 42.8 Å². The van der Waals surface area contributed by atoms with Gasteiger partial charge in [0.2, 0.25) is 6.41 Å². The Morgan fingerprint density at radius 2 is 1.87 bits per heavy atom. The highest BCUT2D eigenvalue weighted by atomic mass is 16.5. The highest BCUT2D eigenvalue weighted by Crippen LogP contribution is 2.14. The summed E-state index contributed by atoms with van der Waals surface area (Å²) >= 11 is 0. The van der Waals surface area contributed by atoms with Gasteiger partial charge in [-0.3, -0.25) is 14.9 Å². The lowest BCUT2D eigenvalue weighted by atomic mass is 10.1. The number of carbonyl (C=O) groups is 1. The summed E-state index contributed by atoms with van der Waals surface area (Å²) in [6.45, 7) is 6.56. The predicted molar refractivity (Wildman–Crippen MR) is 115 cm³/mol. The number of hydrogen-bond acceptors (Lipinski definition) is 6. The molecule has 2 aromatic carbocycles. The predicted octanol–water partition coefficient (Wildman–Crippen LogP) is 1.90. The number of nitrogens with zero attached hydrogens (tertiary/aromatic N) is 5. The van der Waals surface area contributed by atoms with Gasteiger partial charge in [0.05, 0.1) is 31.3 Å². The number of aromatic nitrogens is 3. The second-order valence-electron chi connectivity index (χ2n) is 7.64. The molecule has 3 aromatic rings. The molecule has 0 saturated carbocycles. The molecule has 0 spiro atoms. The van der Waals surface area contributed by atoms with Gasteiger partial charge in [0.25, 0.3) is 0 Å². The Morgan fingerprint density at radius 3 is 2.61 bits per heavy atom. The van der Waals surface area contributed by atoms with E-state index >= 15 is 0 Å². The molecular weight excluding hydrogens is 394 g/mol. The van der Waals surface area contributed by atoms with Gasteiger partial charge in [0.15, 0.2) is 0 Å². The van der Waals surface area contributed by atoms with Crippen LogP contribution in [0, 0.1) is 11.8 Å². The van der Waals surface area contributed by atoms with E-state index in [0.29, 0.717) is 18.0 Å². The Balaban J connectivity index is 1.42. The van der Waals surface area contributed by atoms with Crippen LogP contribution in [0.4, 0.5) is 0 Å². The van der Waals surface area contributed by atoms with Crippen molar-refractivity contribution in [1.82, 2.24) is 25.0 Å². The number of rotatable bonds is 6. The molecule has 1 aliphatic heterocycles. The topological polar surface area (TPSA) is 83.7 Å². The molecule has 31 heavy (non-hydrogen) atoms. The Morgan fingerprint density at radius 1 is 1.16 bits per heavy atom. The minimum absolute atomic E-state index is 0.341. The van der Waals surface area contributed by atoms with E-state index in [2.05, 4.69) is 39.2 Å². The van der Waals surface area contributed by atoms with Crippen LogP contribution in [0.15, 0.2) is 42.5 Å². The maximum absolute atomic E-state index is 10.7. The summed E-state index contributed by atoms with van der Waals surface area (Å²) in [6, 6.07) is 13.6. The summed E-state index contributed by atoms with van der Waals surface area (Å²) in [6.07, 6.45) is 0.382. The molecule has 1 aromatic heterocycles. The van der Waals surface area contributed by atoms with Crippen LogP contribution in [0.5, 0.6) is 0 Å². The average molecular weight is 419 g/mol. The largest absolute Gasteiger partial charge is 0.379 e. The number of hydrogen-bond donors (Lipinski definition) is 1. The SMILES string of the molecule is CC(Cn1nnc2cc(C#Cc3ccc(CN4CCOCC4)cc3)ccc21)N(O)C=O. The van der Waals surface area contributed by atoms with Crippen LogP contribution in [0.3, 0.4) is 0 Å². The number of morpholine rings is 1. The van der Waals surface area contributed by atoms with Gasteiger partial charge >= 0.3 is 0 Å². The quantitative estimate of drug-likeness (QED) is 0.284. The third-order valence-electron chi connectivity index (χ3n) is 5.33. The smallest absolute Gasteiger partial charge is 0.233 e. The molecule has 0 radical (unpaired) electrons. The van der Waals surface area contributed by atoms with Crippen LogP contribution in [0.2, 0.25) is 0 Å². The first-order valence-electron chi connectivity index (χ1n) is 10.3. The lowest BCUT2D eigenvalue weighted by Crippen LogP contribution is -2.35. The maximum atomic E-state index is 10.7. The van der Waals surface area contributed by atoms with Crippen LogP contribution in [-0.4, -0.2) is 68.9 Å². The molecule has 1 N–H and O–H groups in total. The van der Waals surface area contributed by atoms with E-state index in [1.165, 1.54) is 5.56 Å². The molecule has 4 rings (SSSR count). The summed E-state index contributed by atoms with van der Waals surface area (Å²) in [7, 11) is 0. The molecule has 1 atom stereocenters. The number of carbonyl (C=O) groups excluding carboxylic acids is 1. The Kier molecular flexibility index (Phi) is 6.57. The molecule has 8 heteroatoms. The third-order valence-corrected chi connectivity index (χ3v) is 5.33. The van der Waals surface area contributed by atoms with Gasteiger partial charge in [0.1, 0.15) is 5.52 Å². The summed E-state index contributed by atoms with van der Waals surface area (Å²) in [5.41, 5.74) is 4.62. The van der Waals surface area contributed by atoms with Crippen molar-refractivity contribution in [1.29, 1.82) is 0 Å². The van der Waals surface area contributed by atoms with Crippen molar-refractivity contribution in [2.45, 2.75) is 26.1 Å². The van der Waals surface area contributed by atoms with Crippen LogP contribution in [-0.2, 0) is 22.6 Å². The van der Waals surface area contributed by atoms with Crippen molar-refractivity contribution < 1.29 is 14.7 Å². The number of fused-ring (bicyclic) bond motifs is 1. The fraction of sp³-hybridized carbons (Fsp3) is 0.348. The summed E-state index contributed by atoms with van der Waals surface area (Å²) in [4.78, 5) is 13.1. The first-order valence-corrected chi connectivity index (χ1v) is 10.3. The Bertz CT molecular complexity index is 1090. The number of hydroxylamine groups is 2. The highest BCUT2D eigenvalue weighted by Gasteiger charge is 2.13. The molecule has 1 saturated heterocycles. The van der Waals surface area contributed by atoms with Crippen molar-refractivity contribution in [3.05, 3.63) is 59.2 Å². The third kappa shape index (κ3) is 5.27. The average Bonchev–Trinajstić information content (AvgIpc) is 3.20. The van der Waals surface area contributed by atoms with Crippen molar-refractivity contribution in [2.24, 2.45) is 0 Å². The normalized spacial score (nSPS) is 15.3. The minimum Gasteiger partial charge on any atom is -0.379 e. The van der Waals surface area contributed by atoms with Crippen LogP contribution < -0.4 is 0 Å². The number of amides is 1. The minimum atomic E-state index is -0.409. The molecule has 160 valence electrons. The lowest BCUT2D eigenvalue weighted by molar-refractivity contribution is -0.159. The lowest BCUT2D eigenvalue weighted by Gasteiger charge is -2.26. The second-order valence-corrected chi connectivity index (χ2v) is 7.64. The molecular formula is C23H25N5O3. The van der Waals surface area contributed by atoms with Crippen LogP contribution in [0.1, 0.15) is 23.6 Å². The van der Waals surface area contributed by atoms with Gasteiger partial charge in [-0.25, -0.2) is 9.75 Å². The molecule has 1 amide bonds. The van der Waals surface area contributed by atoms with E-state index in [0.717, 1.165) is 55.0 Å². The first-order chi connectivity index (χ1) is 15.1. The monoisotopic (exact) mass is 419 g/mol. The van der Waals surface area contributed by atoms with E-state index in [1.807, 2.05) is 30.3 Å². The zero-order valence-electron chi connectivity index (χ0n) is 17.4. The van der Waals surface area contributed by atoms with Crippen LogP contribution in [0.25, 0.3) is 11.0 Å². The fourth-order valence-electron chi connectivity index (χ4n) is 3.48. The molecule has 1 aliphatic rings. The second kappa shape index (κ2) is 9.71. The zero-order chi connectivity index (χ0) is 21.6. The van der Waals surface area contributed by atoms with Crippen molar-refractivity contribution in [2.75, 3.05) is 26.3 Å². The first kappa shape index (κ1) is 21.0. The van der Waals surface area contributed by atoms with Crippen molar-refractivity contribution in [3.8, 4) is 11.8 Å². The number of ether oxygens (including phenoxy) is 1. The van der Waals surface area contributed by atoms with E-state index in [9.17, 15) is 10.0 Å². The van der Waals surface area contributed by atoms with Crippen molar-refractivity contribution in [3.63, 3.8) is 0 Å². The zero-order valence-corrected chi connectivity index (χ0v) is 17.4. The summed E-state index contributed by atoms with van der Waals surface area (Å²) in [5.74, 6) is 6.38. The van der Waals surface area contributed by atoms with E-state index in [1.54, 1.807) is 11.6 Å². The van der Waals surface area contributed by atoms with Gasteiger partial charge < -0.3 is 4.74 Å². The van der Waals surface area contributed by atoms with Crippen molar-refractivity contribution >= 4 is 17.4 Å². The van der Waals surface area contributed by atoms with E-state index in [-0.39, 0.29) is 0 Å². The summed E-state index contributed by atoms with van der Waals surface area (Å²) in [5, 5.41) is 18.4. The summed E-state index contributed by atoms with van der Waals surface area (Å²) < 4.78 is 7.06. The molecule has 0 bridgehead atoms. The van der Waals surface area contributed by atoms with Gasteiger partial charge in [-0.1, -0.05) is 29.2 Å². The molecule has 1 unspecified atom stereocenters. The Hall–Kier alpha value is -3.25. The van der Waals surface area contributed by atoms with Crippen LogP contribution >= 0.6 is 0 Å². The maximum Gasteiger partial charge on any atom is 0.233 e. The number of benzene rings is 2. The Labute approximate surface area is 181 Å². The molecule has 2 heterocycles. The van der Waals surface area contributed by atoms with Gasteiger partial charge in [-0.15, -0.1) is 5.10 Å². The molecule has 1 fully saturated rings. The molecule has 0 aliphatic carbocycles. The van der Waals surface area contributed by atoms with Gasteiger partial charge in [0, 0.05) is 30.8 Å². The van der Waals surface area contributed by atoms with E-state index in [4.69, 9.17) is 4.74 Å². The molecule has 8 nitrogen and oxygen atoms in total. The standard InChI is InChI=1S/C23H25N5O3/c1-18(28(30)17-29)15-27-23-9-8-20(14-22(23)24-25-27)5-2-19-3-6-21(7-4-19)16-26-10-12-31-13-11-26/h3-4,6-9,14,17-18,30H,10-13,15-16H2,1H3. The van der Waals surface area contributed by atoms with Gasteiger partial charge in [-0.2, -0.15) is 0 Å². The van der Waals surface area contributed by atoms with E-state index < -0.39 is 6.04 Å².